The fraction of sp³-hybridized carbons (Fsp3) is 0.276. The Morgan fingerprint density at radius 2 is 1.59 bits per heavy atom. The van der Waals surface area contributed by atoms with Crippen molar-refractivity contribution >= 4 is 23.5 Å². The van der Waals surface area contributed by atoms with Crippen molar-refractivity contribution in [3.8, 4) is 5.75 Å². The summed E-state index contributed by atoms with van der Waals surface area (Å²) in [5, 5.41) is 11.2. The van der Waals surface area contributed by atoms with Gasteiger partial charge in [-0.1, -0.05) is 67.6 Å². The number of anilines is 1. The second-order valence-electron chi connectivity index (χ2n) is 9.15. The number of benzene rings is 3. The predicted octanol–water partition coefficient (Wildman–Crippen LogP) is 4.54. The molecule has 0 radical (unpaired) electrons. The number of amides is 2. The molecule has 0 unspecified atom stereocenters. The molecule has 0 bridgehead atoms. The maximum Gasteiger partial charge on any atom is 0.305 e. The number of carboxylic acid groups (broad SMARTS) is 1. The number of carboxylic acids is 1. The maximum atomic E-state index is 13.8. The maximum absolute atomic E-state index is 13.8. The van der Waals surface area contributed by atoms with E-state index in [0.29, 0.717) is 18.0 Å². The van der Waals surface area contributed by atoms with Crippen LogP contribution in [0.15, 0.2) is 84.9 Å². The van der Waals surface area contributed by atoms with Gasteiger partial charge in [0.1, 0.15) is 5.75 Å². The van der Waals surface area contributed by atoms with E-state index in [1.165, 1.54) is 4.90 Å². The second-order valence-corrected chi connectivity index (χ2v) is 9.15. The van der Waals surface area contributed by atoms with Crippen molar-refractivity contribution < 1.29 is 29.1 Å². The molecule has 2 aliphatic heterocycles. The number of nitrogens with zero attached hydrogens (tertiary/aromatic N) is 2. The minimum absolute atomic E-state index is 0.252. The van der Waals surface area contributed by atoms with Crippen molar-refractivity contribution in [3.63, 3.8) is 0 Å². The third-order valence-electron chi connectivity index (χ3n) is 6.71. The summed E-state index contributed by atoms with van der Waals surface area (Å²) < 4.78 is 5.62. The highest BCUT2D eigenvalue weighted by molar-refractivity contribution is 6.23. The summed E-state index contributed by atoms with van der Waals surface area (Å²) in [5.74, 6) is -2.02. The Morgan fingerprint density at radius 1 is 0.946 bits per heavy atom. The van der Waals surface area contributed by atoms with Gasteiger partial charge in [-0.2, -0.15) is 5.06 Å². The third-order valence-corrected chi connectivity index (χ3v) is 6.71. The van der Waals surface area contributed by atoms with Gasteiger partial charge in [0.2, 0.25) is 5.91 Å². The summed E-state index contributed by atoms with van der Waals surface area (Å²) in [6.07, 6.45) is -0.443. The quantitative estimate of drug-likeness (QED) is 0.431. The van der Waals surface area contributed by atoms with Crippen LogP contribution in [-0.4, -0.2) is 40.7 Å². The summed E-state index contributed by atoms with van der Waals surface area (Å²) in [4.78, 5) is 46.6. The van der Waals surface area contributed by atoms with E-state index in [-0.39, 0.29) is 12.3 Å². The summed E-state index contributed by atoms with van der Waals surface area (Å²) >= 11 is 0. The molecule has 0 spiro atoms. The van der Waals surface area contributed by atoms with Gasteiger partial charge in [-0.15, -0.1) is 0 Å². The van der Waals surface area contributed by atoms with Crippen molar-refractivity contribution in [3.05, 3.63) is 96.1 Å². The lowest BCUT2D eigenvalue weighted by Gasteiger charge is -2.33. The summed E-state index contributed by atoms with van der Waals surface area (Å²) in [6.45, 7) is 2.59. The molecule has 2 fully saturated rings. The molecular formula is C29H28N2O6. The number of aliphatic carboxylic acids is 1. The Balaban J connectivity index is 1.51. The van der Waals surface area contributed by atoms with Crippen LogP contribution in [0.4, 0.5) is 5.69 Å². The van der Waals surface area contributed by atoms with Gasteiger partial charge in [0.25, 0.3) is 5.91 Å². The molecule has 8 heteroatoms. The van der Waals surface area contributed by atoms with Crippen molar-refractivity contribution in [1.29, 1.82) is 0 Å². The molecule has 190 valence electrons. The zero-order valence-corrected chi connectivity index (χ0v) is 20.4. The molecule has 0 saturated carbocycles. The largest absolute Gasteiger partial charge is 0.494 e. The van der Waals surface area contributed by atoms with Crippen LogP contribution in [0.1, 0.15) is 43.0 Å². The van der Waals surface area contributed by atoms with E-state index >= 15 is 0 Å². The number of hydrogen-bond donors (Lipinski definition) is 1. The van der Waals surface area contributed by atoms with Gasteiger partial charge in [0.15, 0.2) is 6.10 Å². The lowest BCUT2D eigenvalue weighted by molar-refractivity contribution is -0.197. The second kappa shape index (κ2) is 10.5. The molecule has 2 heterocycles. The average Bonchev–Trinajstić information content (AvgIpc) is 3.42. The van der Waals surface area contributed by atoms with Crippen LogP contribution >= 0.6 is 0 Å². The minimum atomic E-state index is -1.06. The first kappa shape index (κ1) is 24.7. The van der Waals surface area contributed by atoms with Crippen molar-refractivity contribution in [2.75, 3.05) is 11.5 Å². The molecule has 5 rings (SSSR count). The molecule has 37 heavy (non-hydrogen) atoms. The number of hydroxylamine groups is 2. The van der Waals surface area contributed by atoms with Crippen LogP contribution in [0.2, 0.25) is 0 Å². The zero-order valence-electron chi connectivity index (χ0n) is 20.4. The van der Waals surface area contributed by atoms with E-state index in [9.17, 15) is 19.5 Å². The van der Waals surface area contributed by atoms with Gasteiger partial charge in [0.05, 0.1) is 36.7 Å². The van der Waals surface area contributed by atoms with Crippen LogP contribution < -0.4 is 9.64 Å². The molecular weight excluding hydrogens is 472 g/mol. The van der Waals surface area contributed by atoms with Crippen LogP contribution in [0.3, 0.4) is 0 Å². The summed E-state index contributed by atoms with van der Waals surface area (Å²) in [5.41, 5.74) is 1.94. The molecule has 3 aromatic carbocycles. The van der Waals surface area contributed by atoms with E-state index in [1.54, 1.807) is 29.3 Å². The smallest absolute Gasteiger partial charge is 0.305 e. The SMILES string of the molecule is CCCOc1ccc(N2C(=O)[C@@H]3[C@@H](c4ccccc4)N([C@H](CC(=O)O)c4ccccc4)O[C@H]3C2=O)cc1. The number of fused-ring (bicyclic) bond motifs is 1. The molecule has 3 aromatic rings. The predicted molar refractivity (Wildman–Crippen MR) is 136 cm³/mol. The van der Waals surface area contributed by atoms with Gasteiger partial charge < -0.3 is 9.84 Å². The molecule has 4 atom stereocenters. The number of imide groups is 1. The lowest BCUT2D eigenvalue weighted by Crippen LogP contribution is -2.39. The number of ether oxygens (including phenoxy) is 1. The summed E-state index contributed by atoms with van der Waals surface area (Å²) in [7, 11) is 0. The highest BCUT2D eigenvalue weighted by Gasteiger charge is 2.61. The highest BCUT2D eigenvalue weighted by Crippen LogP contribution is 2.49. The Bertz CT molecular complexity index is 1260. The van der Waals surface area contributed by atoms with Gasteiger partial charge in [-0.25, -0.2) is 4.90 Å². The molecule has 0 aliphatic carbocycles. The topological polar surface area (TPSA) is 96.4 Å². The van der Waals surface area contributed by atoms with Gasteiger partial charge >= 0.3 is 5.97 Å². The average molecular weight is 501 g/mol. The highest BCUT2D eigenvalue weighted by atomic mass is 16.7. The summed E-state index contributed by atoms with van der Waals surface area (Å²) in [6, 6.07) is 23.9. The van der Waals surface area contributed by atoms with E-state index in [2.05, 4.69) is 0 Å². The Kier molecular flexibility index (Phi) is 7.03. The van der Waals surface area contributed by atoms with Crippen LogP contribution in [-0.2, 0) is 19.2 Å². The lowest BCUT2D eigenvalue weighted by atomic mass is 9.89. The molecule has 1 N–H and O–H groups in total. The Labute approximate surface area is 215 Å². The standard InChI is InChI=1S/C29H28N2O6/c1-2-17-36-22-15-13-21(14-16-22)30-28(34)25-26(20-11-7-4-8-12-20)31(37-27(25)29(30)35)23(18-24(32)33)19-9-5-3-6-10-19/h3-16,23,25-27H,2,17-18H2,1H3,(H,32,33)/t23-,25-,26-,27-/m1/s1. The molecule has 2 amide bonds. The first-order chi connectivity index (χ1) is 18.0. The minimum Gasteiger partial charge on any atom is -0.494 e. The monoisotopic (exact) mass is 500 g/mol. The van der Waals surface area contributed by atoms with Crippen molar-refractivity contribution in [2.45, 2.75) is 38.0 Å². The van der Waals surface area contributed by atoms with Gasteiger partial charge in [-0.3, -0.25) is 19.2 Å². The van der Waals surface area contributed by atoms with Crippen LogP contribution in [0, 0.1) is 5.92 Å². The zero-order chi connectivity index (χ0) is 25.9. The Hall–Kier alpha value is -4.01. The van der Waals surface area contributed by atoms with Gasteiger partial charge in [0, 0.05) is 0 Å². The van der Waals surface area contributed by atoms with E-state index < -0.39 is 36.0 Å². The first-order valence-electron chi connectivity index (χ1n) is 12.4. The van der Waals surface area contributed by atoms with E-state index in [1.807, 2.05) is 67.6 Å². The van der Waals surface area contributed by atoms with Crippen molar-refractivity contribution in [1.82, 2.24) is 5.06 Å². The van der Waals surface area contributed by atoms with Gasteiger partial charge in [-0.05, 0) is 41.8 Å². The number of rotatable bonds is 9. The van der Waals surface area contributed by atoms with Crippen molar-refractivity contribution in [2.24, 2.45) is 5.92 Å². The fourth-order valence-corrected chi connectivity index (χ4v) is 5.07. The van der Waals surface area contributed by atoms with E-state index in [4.69, 9.17) is 9.57 Å². The third kappa shape index (κ3) is 4.73. The first-order valence-corrected chi connectivity index (χ1v) is 12.4. The molecule has 0 aromatic heterocycles. The normalized spacial score (nSPS) is 22.2. The number of carbonyl (C=O) groups is 3. The van der Waals surface area contributed by atoms with Crippen LogP contribution in [0.25, 0.3) is 0 Å². The number of hydrogen-bond acceptors (Lipinski definition) is 6. The Morgan fingerprint density at radius 3 is 2.22 bits per heavy atom. The molecule has 2 aliphatic rings. The van der Waals surface area contributed by atoms with Crippen LogP contribution in [0.5, 0.6) is 5.75 Å². The number of carbonyl (C=O) groups excluding carboxylic acids is 2. The molecule has 8 nitrogen and oxygen atoms in total. The fourth-order valence-electron chi connectivity index (χ4n) is 5.07. The van der Waals surface area contributed by atoms with E-state index in [0.717, 1.165) is 17.5 Å². The molecule has 2 saturated heterocycles.